The van der Waals surface area contributed by atoms with Gasteiger partial charge in [0.1, 0.15) is 24.9 Å². The number of fused-ring (bicyclic) bond motifs is 2. The third-order valence-electron chi connectivity index (χ3n) is 7.66. The summed E-state index contributed by atoms with van der Waals surface area (Å²) in [6, 6.07) is 46.7. The normalized spacial score (nSPS) is 11.8. The highest BCUT2D eigenvalue weighted by atomic mass is 31.2. The van der Waals surface area contributed by atoms with Gasteiger partial charge in [0.05, 0.1) is 12.1 Å². The van der Waals surface area contributed by atoms with Gasteiger partial charge in [0.2, 0.25) is 5.69 Å². The van der Waals surface area contributed by atoms with Gasteiger partial charge in [0.25, 0.3) is 5.52 Å². The van der Waals surface area contributed by atoms with Crippen LogP contribution in [0.3, 0.4) is 0 Å². The zero-order valence-corrected chi connectivity index (χ0v) is 21.9. The highest BCUT2D eigenvalue weighted by Gasteiger charge is 2.44. The Morgan fingerprint density at radius 3 is 1.83 bits per heavy atom. The Balaban J connectivity index is 1.67. The second-order valence-corrected chi connectivity index (χ2v) is 13.2. The van der Waals surface area contributed by atoms with Crippen molar-refractivity contribution in [3.8, 4) is 11.3 Å². The molecule has 0 N–H and O–H groups in total. The van der Waals surface area contributed by atoms with E-state index in [2.05, 4.69) is 153 Å². The topological polar surface area (TPSA) is 3.88 Å². The zero-order valence-electron chi connectivity index (χ0n) is 21.0. The molecule has 0 saturated heterocycles. The van der Waals surface area contributed by atoms with Gasteiger partial charge in [-0.2, -0.15) is 4.57 Å². The number of para-hydroxylation sites is 1. The minimum absolute atomic E-state index is 1.24. The monoisotopic (exact) mass is 483 g/mol. The molecule has 0 radical (unpaired) electrons. The van der Waals surface area contributed by atoms with Crippen LogP contribution in [0.25, 0.3) is 32.9 Å². The summed E-state index contributed by atoms with van der Waals surface area (Å²) in [6.45, 7) is 4.72. The number of aromatic nitrogens is 1. The van der Waals surface area contributed by atoms with Crippen molar-refractivity contribution < 1.29 is 4.57 Å². The van der Waals surface area contributed by atoms with Crippen LogP contribution in [0.5, 0.6) is 0 Å². The van der Waals surface area contributed by atoms with Crippen molar-refractivity contribution in [2.24, 2.45) is 7.05 Å². The van der Waals surface area contributed by atoms with E-state index in [0.717, 1.165) is 0 Å². The molecule has 174 valence electrons. The van der Waals surface area contributed by atoms with Crippen LogP contribution in [0, 0.1) is 6.92 Å². The van der Waals surface area contributed by atoms with Crippen LogP contribution in [0.15, 0.2) is 127 Å². The lowest BCUT2D eigenvalue weighted by atomic mass is 9.97. The summed E-state index contributed by atoms with van der Waals surface area (Å²) in [6.07, 6.45) is 0. The Morgan fingerprint density at radius 2 is 1.14 bits per heavy atom. The van der Waals surface area contributed by atoms with Crippen LogP contribution >= 0.6 is 7.26 Å². The fraction of sp³-hybridized carbons (Fsp3) is 0.0882. The first-order valence-corrected chi connectivity index (χ1v) is 14.7. The van der Waals surface area contributed by atoms with E-state index in [-0.39, 0.29) is 0 Å². The summed E-state index contributed by atoms with van der Waals surface area (Å²) in [5, 5.41) is 8.09. The minimum atomic E-state index is -1.88. The van der Waals surface area contributed by atoms with E-state index in [9.17, 15) is 0 Å². The van der Waals surface area contributed by atoms with Crippen molar-refractivity contribution in [3.05, 3.63) is 133 Å². The Morgan fingerprint density at radius 1 is 0.556 bits per heavy atom. The lowest BCUT2D eigenvalue weighted by Gasteiger charge is -2.23. The molecule has 1 heterocycles. The molecule has 6 rings (SSSR count). The number of nitrogens with zero attached hydrogens (tertiary/aromatic N) is 1. The second kappa shape index (κ2) is 9.01. The Hall–Kier alpha value is -3.80. The molecule has 6 aromatic rings. The standard InChI is InChI=1S/C34H30NP/c1-25-30-19-11-10-13-26(30)21-23-31(25)32-24-22-27-14-12-20-33(34(27)35(32)2)36(3,28-15-6-4-7-16-28)29-17-8-5-9-18-29/h4-24H,1-3H3/q+2. The summed E-state index contributed by atoms with van der Waals surface area (Å²) in [5.74, 6) is 0. The van der Waals surface area contributed by atoms with Gasteiger partial charge < -0.3 is 0 Å². The average molecular weight is 484 g/mol. The van der Waals surface area contributed by atoms with Crippen LogP contribution in [0.4, 0.5) is 0 Å². The molecule has 0 aliphatic rings. The second-order valence-electron chi connectivity index (χ2n) is 9.63. The summed E-state index contributed by atoms with van der Waals surface area (Å²) < 4.78 is 2.42. The van der Waals surface area contributed by atoms with Gasteiger partial charge in [-0.15, -0.1) is 0 Å². The van der Waals surface area contributed by atoms with Crippen molar-refractivity contribution >= 4 is 44.9 Å². The summed E-state index contributed by atoms with van der Waals surface area (Å²) >= 11 is 0. The zero-order chi connectivity index (χ0) is 24.7. The Labute approximate surface area is 214 Å². The maximum Gasteiger partial charge on any atom is 0.256 e. The quantitative estimate of drug-likeness (QED) is 0.194. The van der Waals surface area contributed by atoms with Gasteiger partial charge in [0.15, 0.2) is 5.30 Å². The first-order chi connectivity index (χ1) is 17.6. The highest BCUT2D eigenvalue weighted by Crippen LogP contribution is 2.52. The van der Waals surface area contributed by atoms with Crippen LogP contribution in [0.2, 0.25) is 0 Å². The molecule has 36 heavy (non-hydrogen) atoms. The third kappa shape index (κ3) is 3.55. The number of hydrogen-bond donors (Lipinski definition) is 0. The van der Waals surface area contributed by atoms with E-state index < -0.39 is 7.26 Å². The van der Waals surface area contributed by atoms with Crippen molar-refractivity contribution in [3.63, 3.8) is 0 Å². The molecular formula is C34H30NP+2. The summed E-state index contributed by atoms with van der Waals surface area (Å²) in [4.78, 5) is 0. The molecule has 0 aliphatic heterocycles. The highest BCUT2D eigenvalue weighted by molar-refractivity contribution is 7.95. The number of aryl methyl sites for hydroxylation is 2. The molecule has 0 spiro atoms. The van der Waals surface area contributed by atoms with Crippen molar-refractivity contribution in [2.45, 2.75) is 6.92 Å². The van der Waals surface area contributed by atoms with Crippen LogP contribution in [-0.2, 0) is 7.05 Å². The first-order valence-electron chi connectivity index (χ1n) is 12.5. The molecule has 2 heteroatoms. The number of benzene rings is 5. The predicted octanol–water partition coefficient (Wildman–Crippen LogP) is 6.72. The van der Waals surface area contributed by atoms with Gasteiger partial charge in [0, 0.05) is 11.6 Å². The molecule has 5 aromatic carbocycles. The first kappa shape index (κ1) is 22.7. The molecule has 1 aromatic heterocycles. The Bertz CT molecular complexity index is 1670. The van der Waals surface area contributed by atoms with Crippen molar-refractivity contribution in [2.75, 3.05) is 6.66 Å². The van der Waals surface area contributed by atoms with Crippen molar-refractivity contribution in [1.82, 2.24) is 0 Å². The van der Waals surface area contributed by atoms with Gasteiger partial charge in [-0.3, -0.25) is 0 Å². The maximum absolute atomic E-state index is 2.47. The average Bonchev–Trinajstić information content (AvgIpc) is 2.94. The van der Waals surface area contributed by atoms with Gasteiger partial charge in [-0.1, -0.05) is 72.8 Å². The van der Waals surface area contributed by atoms with E-state index in [0.29, 0.717) is 0 Å². The van der Waals surface area contributed by atoms with Crippen LogP contribution in [0.1, 0.15) is 5.56 Å². The molecule has 0 amide bonds. The molecule has 0 fully saturated rings. The number of pyridine rings is 1. The molecule has 0 atom stereocenters. The number of rotatable bonds is 4. The van der Waals surface area contributed by atoms with Crippen molar-refractivity contribution in [1.29, 1.82) is 0 Å². The molecule has 0 unspecified atom stereocenters. The minimum Gasteiger partial charge on any atom is -0.191 e. The van der Waals surface area contributed by atoms with E-state index in [1.54, 1.807) is 0 Å². The van der Waals surface area contributed by atoms with Gasteiger partial charge in [-0.05, 0) is 71.8 Å². The number of hydrogen-bond acceptors (Lipinski definition) is 0. The molecular weight excluding hydrogens is 453 g/mol. The fourth-order valence-corrected chi connectivity index (χ4v) is 9.14. The molecule has 0 bridgehead atoms. The molecule has 0 aliphatic carbocycles. The predicted molar refractivity (Wildman–Crippen MR) is 157 cm³/mol. The van der Waals surface area contributed by atoms with Gasteiger partial charge >= 0.3 is 0 Å². The smallest absolute Gasteiger partial charge is 0.191 e. The van der Waals surface area contributed by atoms with E-state index in [1.807, 2.05) is 0 Å². The molecule has 1 nitrogen and oxygen atoms in total. The lowest BCUT2D eigenvalue weighted by molar-refractivity contribution is -0.633. The fourth-order valence-electron chi connectivity index (χ4n) is 5.66. The van der Waals surface area contributed by atoms with Gasteiger partial charge in [-0.25, -0.2) is 0 Å². The SMILES string of the molecule is Cc1c(-c2ccc3cccc([P+](C)(c4ccccc4)c4ccccc4)c3[n+]2C)ccc2ccccc12. The largest absolute Gasteiger partial charge is 0.256 e. The summed E-state index contributed by atoms with van der Waals surface area (Å²) in [7, 11) is 0.350. The molecule has 0 saturated carbocycles. The van der Waals surface area contributed by atoms with Crippen LogP contribution in [-0.4, -0.2) is 6.66 Å². The van der Waals surface area contributed by atoms with E-state index >= 15 is 0 Å². The third-order valence-corrected chi connectivity index (χ3v) is 11.7. The van der Waals surface area contributed by atoms with E-state index in [4.69, 9.17) is 0 Å². The summed E-state index contributed by atoms with van der Waals surface area (Å²) in [5.41, 5.74) is 5.16. The maximum atomic E-state index is 2.47. The van der Waals surface area contributed by atoms with Crippen LogP contribution < -0.4 is 20.5 Å². The Kier molecular flexibility index (Phi) is 5.67. The lowest BCUT2D eigenvalue weighted by Crippen LogP contribution is -2.40. The van der Waals surface area contributed by atoms with E-state index in [1.165, 1.54) is 54.4 Å².